The molecule has 0 aliphatic carbocycles. The normalized spacial score (nSPS) is 10.9. The van der Waals surface area contributed by atoms with Crippen molar-refractivity contribution in [3.63, 3.8) is 0 Å². The lowest BCUT2D eigenvalue weighted by Crippen LogP contribution is -2.21. The van der Waals surface area contributed by atoms with E-state index in [1.165, 1.54) is 13.3 Å². The molecule has 2 aromatic rings. The number of nitrogens with one attached hydrogen (secondary N) is 1. The van der Waals surface area contributed by atoms with Crippen molar-refractivity contribution in [1.29, 1.82) is 0 Å². The fraction of sp³-hybridized carbons (Fsp3) is 0.267. The lowest BCUT2D eigenvalue weighted by Gasteiger charge is -2.11. The summed E-state index contributed by atoms with van der Waals surface area (Å²) in [6.07, 6.45) is 1.52. The number of rotatable bonds is 8. The summed E-state index contributed by atoms with van der Waals surface area (Å²) >= 11 is 0. The Hall–Kier alpha value is -2.48. The van der Waals surface area contributed by atoms with Crippen LogP contribution in [0, 0.1) is 0 Å². The molecule has 0 fully saturated rings. The van der Waals surface area contributed by atoms with Crippen LogP contribution in [-0.4, -0.2) is 40.0 Å². The minimum absolute atomic E-state index is 0.0181. The highest BCUT2D eigenvalue weighted by atomic mass is 32.2. The molecule has 1 N–H and O–H groups in total. The van der Waals surface area contributed by atoms with Crippen LogP contribution in [0.15, 0.2) is 42.6 Å². The molecular weight excluding hydrogens is 320 g/mol. The summed E-state index contributed by atoms with van der Waals surface area (Å²) in [5.41, 5.74) is 0.291. The maximum Gasteiger partial charge on any atom is 0.238 e. The van der Waals surface area contributed by atoms with Gasteiger partial charge < -0.3 is 14.2 Å². The van der Waals surface area contributed by atoms with Crippen LogP contribution in [0.5, 0.6) is 17.4 Å². The van der Waals surface area contributed by atoms with Crippen molar-refractivity contribution in [2.45, 2.75) is 0 Å². The van der Waals surface area contributed by atoms with Crippen LogP contribution in [0.2, 0.25) is 0 Å². The maximum atomic E-state index is 12.1. The number of methoxy groups -OCH3 is 2. The molecule has 0 bridgehead atoms. The zero-order valence-corrected chi connectivity index (χ0v) is 13.7. The average Bonchev–Trinajstić information content (AvgIpc) is 2.55. The second-order valence-corrected chi connectivity index (χ2v) is 6.35. The molecule has 124 valence electrons. The number of aromatic nitrogens is 1. The molecule has 23 heavy (non-hydrogen) atoms. The minimum atomic E-state index is -3.57. The van der Waals surface area contributed by atoms with Crippen LogP contribution < -0.4 is 18.9 Å². The van der Waals surface area contributed by atoms with Crippen LogP contribution in [0.25, 0.3) is 0 Å². The summed E-state index contributed by atoms with van der Waals surface area (Å²) in [5.74, 6) is 1.29. The molecule has 2 rings (SSSR count). The van der Waals surface area contributed by atoms with E-state index in [1.807, 2.05) is 0 Å². The first-order valence-electron chi connectivity index (χ1n) is 6.80. The minimum Gasteiger partial charge on any atom is -0.497 e. The Morgan fingerprint density at radius 2 is 1.74 bits per heavy atom. The van der Waals surface area contributed by atoms with Gasteiger partial charge in [0, 0.05) is 6.20 Å². The van der Waals surface area contributed by atoms with Crippen molar-refractivity contribution in [2.24, 2.45) is 0 Å². The first kappa shape index (κ1) is 16.9. The van der Waals surface area contributed by atoms with Crippen LogP contribution in [0.4, 0.5) is 5.69 Å². The number of benzene rings is 1. The van der Waals surface area contributed by atoms with E-state index in [4.69, 9.17) is 14.2 Å². The third kappa shape index (κ3) is 5.03. The van der Waals surface area contributed by atoms with Crippen LogP contribution >= 0.6 is 0 Å². The number of hydrogen-bond donors (Lipinski definition) is 1. The Balaban J connectivity index is 1.90. The second kappa shape index (κ2) is 7.68. The molecule has 0 aliphatic rings. The Morgan fingerprint density at radius 3 is 2.39 bits per heavy atom. The van der Waals surface area contributed by atoms with Gasteiger partial charge in [0.15, 0.2) is 0 Å². The Bertz CT molecular complexity index is 732. The topological polar surface area (TPSA) is 86.8 Å². The molecule has 8 heteroatoms. The lowest BCUT2D eigenvalue weighted by atomic mass is 10.3. The monoisotopic (exact) mass is 338 g/mol. The molecule has 0 aliphatic heterocycles. The summed E-state index contributed by atoms with van der Waals surface area (Å²) in [6.45, 7) is 0.0181. The van der Waals surface area contributed by atoms with Gasteiger partial charge in [-0.3, -0.25) is 4.72 Å². The van der Waals surface area contributed by atoms with Crippen molar-refractivity contribution < 1.29 is 22.6 Å². The van der Waals surface area contributed by atoms with Gasteiger partial charge in [-0.15, -0.1) is 0 Å². The van der Waals surface area contributed by atoms with Crippen LogP contribution in [-0.2, 0) is 10.0 Å². The SMILES string of the molecule is COc1ccc(OCCS(=O)(=O)Nc2cccnc2OC)cc1. The Kier molecular flexibility index (Phi) is 5.64. The summed E-state index contributed by atoms with van der Waals surface area (Å²) in [5, 5.41) is 0. The quantitative estimate of drug-likeness (QED) is 0.791. The number of sulfonamides is 1. The zero-order chi connectivity index (χ0) is 16.7. The van der Waals surface area contributed by atoms with Crippen molar-refractivity contribution >= 4 is 15.7 Å². The van der Waals surface area contributed by atoms with Gasteiger partial charge in [-0.2, -0.15) is 0 Å². The molecule has 1 aromatic heterocycles. The lowest BCUT2D eigenvalue weighted by molar-refractivity contribution is 0.339. The molecule has 0 saturated carbocycles. The van der Waals surface area contributed by atoms with Gasteiger partial charge in [0.2, 0.25) is 15.9 Å². The summed E-state index contributed by atoms with van der Waals surface area (Å²) in [6, 6.07) is 10.1. The molecule has 1 heterocycles. The van der Waals surface area contributed by atoms with E-state index >= 15 is 0 Å². The molecule has 0 amide bonds. The largest absolute Gasteiger partial charge is 0.497 e. The molecule has 7 nitrogen and oxygen atoms in total. The number of pyridine rings is 1. The Labute approximate surface area is 135 Å². The first-order valence-corrected chi connectivity index (χ1v) is 8.45. The summed E-state index contributed by atoms with van der Waals surface area (Å²) in [7, 11) is -0.576. The predicted molar refractivity (Wildman–Crippen MR) is 86.7 cm³/mol. The number of ether oxygens (including phenoxy) is 3. The predicted octanol–water partition coefficient (Wildman–Crippen LogP) is 1.92. The van der Waals surface area contributed by atoms with E-state index in [2.05, 4.69) is 9.71 Å². The van der Waals surface area contributed by atoms with Gasteiger partial charge in [-0.25, -0.2) is 13.4 Å². The zero-order valence-electron chi connectivity index (χ0n) is 12.9. The highest BCUT2D eigenvalue weighted by Gasteiger charge is 2.14. The molecule has 0 radical (unpaired) electrons. The van der Waals surface area contributed by atoms with E-state index in [-0.39, 0.29) is 18.2 Å². The molecule has 0 saturated heterocycles. The Morgan fingerprint density at radius 1 is 1.04 bits per heavy atom. The standard InChI is InChI=1S/C15H18N2O5S/c1-20-12-5-7-13(8-6-12)22-10-11-23(18,19)17-14-4-3-9-16-15(14)21-2/h3-9,17H,10-11H2,1-2H3. The summed E-state index contributed by atoms with van der Waals surface area (Å²) in [4.78, 5) is 3.93. The van der Waals surface area contributed by atoms with Gasteiger partial charge >= 0.3 is 0 Å². The van der Waals surface area contributed by atoms with Crippen molar-refractivity contribution in [3.05, 3.63) is 42.6 Å². The van der Waals surface area contributed by atoms with Gasteiger partial charge in [0.05, 0.1) is 14.2 Å². The molecular formula is C15H18N2O5S. The molecule has 0 atom stereocenters. The van der Waals surface area contributed by atoms with Crippen LogP contribution in [0.3, 0.4) is 0 Å². The van der Waals surface area contributed by atoms with E-state index in [9.17, 15) is 8.42 Å². The van der Waals surface area contributed by atoms with Gasteiger partial charge in [-0.05, 0) is 36.4 Å². The highest BCUT2D eigenvalue weighted by Crippen LogP contribution is 2.21. The van der Waals surface area contributed by atoms with Crippen molar-refractivity contribution in [2.75, 3.05) is 31.3 Å². The third-order valence-corrected chi connectivity index (χ3v) is 4.15. The molecule has 0 unspecified atom stereocenters. The van der Waals surface area contributed by atoms with Gasteiger partial charge in [0.1, 0.15) is 29.5 Å². The van der Waals surface area contributed by atoms with Crippen LogP contribution in [0.1, 0.15) is 0 Å². The van der Waals surface area contributed by atoms with E-state index in [0.29, 0.717) is 17.2 Å². The fourth-order valence-corrected chi connectivity index (χ4v) is 2.69. The number of nitrogens with zero attached hydrogens (tertiary/aromatic N) is 1. The summed E-state index contributed by atoms with van der Waals surface area (Å²) < 4.78 is 42.0. The molecule has 1 aromatic carbocycles. The van der Waals surface area contributed by atoms with Crippen molar-refractivity contribution in [1.82, 2.24) is 4.98 Å². The smallest absolute Gasteiger partial charge is 0.238 e. The van der Waals surface area contributed by atoms with E-state index < -0.39 is 10.0 Å². The first-order chi connectivity index (χ1) is 11.0. The van der Waals surface area contributed by atoms with Gasteiger partial charge in [0.25, 0.3) is 0 Å². The van der Waals surface area contributed by atoms with E-state index in [1.54, 1.807) is 43.5 Å². The van der Waals surface area contributed by atoms with E-state index in [0.717, 1.165) is 0 Å². The number of hydrogen-bond acceptors (Lipinski definition) is 6. The number of anilines is 1. The van der Waals surface area contributed by atoms with Gasteiger partial charge in [-0.1, -0.05) is 0 Å². The fourth-order valence-electron chi connectivity index (χ4n) is 1.79. The second-order valence-electron chi connectivity index (χ2n) is 4.51. The highest BCUT2D eigenvalue weighted by molar-refractivity contribution is 7.92. The average molecular weight is 338 g/mol. The third-order valence-electron chi connectivity index (χ3n) is 2.91. The molecule has 0 spiro atoms. The van der Waals surface area contributed by atoms with Crippen molar-refractivity contribution in [3.8, 4) is 17.4 Å². The maximum absolute atomic E-state index is 12.1.